The number of H-pyrrole nitrogens is 1. The lowest BCUT2D eigenvalue weighted by Crippen LogP contribution is -2.15. The van der Waals surface area contributed by atoms with Crippen LogP contribution in [0.25, 0.3) is 0 Å². The molecule has 0 saturated carbocycles. The third-order valence-corrected chi connectivity index (χ3v) is 4.89. The van der Waals surface area contributed by atoms with E-state index in [0.29, 0.717) is 21.7 Å². The highest BCUT2D eigenvalue weighted by Gasteiger charge is 2.23. The average molecular weight is 391 g/mol. The zero-order valence-electron chi connectivity index (χ0n) is 15.6. The first-order valence-corrected chi connectivity index (χ1v) is 9.82. The minimum absolute atomic E-state index is 0.215. The number of carbonyl (C=O) groups is 3. The molecule has 1 unspecified atom stereocenters. The van der Waals surface area contributed by atoms with Gasteiger partial charge in [-0.25, -0.2) is 9.59 Å². The van der Waals surface area contributed by atoms with E-state index in [1.807, 2.05) is 0 Å². The monoisotopic (exact) mass is 391 g/mol. The third kappa shape index (κ3) is 4.71. The summed E-state index contributed by atoms with van der Waals surface area (Å²) in [6, 6.07) is 6.13. The van der Waals surface area contributed by atoms with E-state index in [2.05, 4.69) is 4.98 Å². The van der Waals surface area contributed by atoms with Crippen molar-refractivity contribution in [1.29, 1.82) is 0 Å². The van der Waals surface area contributed by atoms with Crippen molar-refractivity contribution in [2.45, 2.75) is 25.7 Å². The molecule has 1 heterocycles. The van der Waals surface area contributed by atoms with Crippen LogP contribution >= 0.6 is 0 Å². The van der Waals surface area contributed by atoms with Gasteiger partial charge in [0.05, 0.1) is 12.2 Å². The molecule has 7 nitrogen and oxygen atoms in total. The molecule has 144 valence electrons. The number of Topliss-reactive ketones (excluding diaryl/α,β-unsaturated/α-hetero) is 1. The molecule has 0 aliphatic carbocycles. The molecule has 0 aliphatic heterocycles. The molecule has 1 aromatic heterocycles. The standard InChI is InChI=1S/C19H21NO6S/c1-5-25-19(23)17-11(2)16(12(3)20-17)15(21)10-26-18(22)13-6-8-14(9-7-13)27(4)24/h6-9,20H,5,10H2,1-4H3. The van der Waals surface area contributed by atoms with E-state index in [-0.39, 0.29) is 17.9 Å². The predicted octanol–water partition coefficient (Wildman–Crippen LogP) is 2.59. The third-order valence-electron chi connectivity index (χ3n) is 3.95. The molecule has 2 rings (SSSR count). The SMILES string of the molecule is CCOC(=O)c1[nH]c(C)c(C(=O)COC(=O)c2ccc(S(C)=O)cc2)c1C. The molecule has 2 aromatic rings. The molecular formula is C19H21NO6S. The number of benzene rings is 1. The van der Waals surface area contributed by atoms with Gasteiger partial charge >= 0.3 is 11.9 Å². The topological polar surface area (TPSA) is 103 Å². The summed E-state index contributed by atoms with van der Waals surface area (Å²) in [6.07, 6.45) is 1.54. The first kappa shape index (κ1) is 20.6. The number of carbonyl (C=O) groups excluding carboxylic acids is 3. The average Bonchev–Trinajstić information content (AvgIpc) is 2.94. The van der Waals surface area contributed by atoms with Crippen molar-refractivity contribution in [1.82, 2.24) is 4.98 Å². The molecule has 0 fully saturated rings. The summed E-state index contributed by atoms with van der Waals surface area (Å²) in [6.45, 7) is 4.76. The van der Waals surface area contributed by atoms with Gasteiger partial charge in [-0.15, -0.1) is 0 Å². The molecule has 0 aliphatic rings. The first-order chi connectivity index (χ1) is 12.8. The summed E-state index contributed by atoms with van der Waals surface area (Å²) in [5, 5.41) is 0. The highest BCUT2D eigenvalue weighted by molar-refractivity contribution is 7.84. The second kappa shape index (κ2) is 8.77. The van der Waals surface area contributed by atoms with Crippen molar-refractivity contribution in [3.05, 3.63) is 52.3 Å². The minimum Gasteiger partial charge on any atom is -0.461 e. The van der Waals surface area contributed by atoms with Crippen LogP contribution in [-0.4, -0.2) is 46.4 Å². The lowest BCUT2D eigenvalue weighted by molar-refractivity contribution is 0.0473. The Labute approximate surface area is 159 Å². The van der Waals surface area contributed by atoms with E-state index in [1.165, 1.54) is 18.4 Å². The maximum absolute atomic E-state index is 12.5. The van der Waals surface area contributed by atoms with Gasteiger partial charge in [-0.05, 0) is 50.6 Å². The lowest BCUT2D eigenvalue weighted by atomic mass is 10.1. The van der Waals surface area contributed by atoms with E-state index in [9.17, 15) is 18.6 Å². The number of hydrogen-bond donors (Lipinski definition) is 1. The van der Waals surface area contributed by atoms with Crippen molar-refractivity contribution in [2.24, 2.45) is 0 Å². The molecule has 27 heavy (non-hydrogen) atoms. The van der Waals surface area contributed by atoms with Gasteiger partial charge in [-0.2, -0.15) is 0 Å². The van der Waals surface area contributed by atoms with Crippen molar-refractivity contribution in [3.63, 3.8) is 0 Å². The molecule has 1 aromatic carbocycles. The fraction of sp³-hybridized carbons (Fsp3) is 0.316. The summed E-state index contributed by atoms with van der Waals surface area (Å²) in [5.74, 6) is -1.62. The van der Waals surface area contributed by atoms with Gasteiger partial charge in [-0.3, -0.25) is 9.00 Å². The van der Waals surface area contributed by atoms with E-state index in [4.69, 9.17) is 9.47 Å². The van der Waals surface area contributed by atoms with Crippen LogP contribution in [0.15, 0.2) is 29.2 Å². The molecule has 8 heteroatoms. The van der Waals surface area contributed by atoms with Gasteiger partial charge in [-0.1, -0.05) is 0 Å². The van der Waals surface area contributed by atoms with E-state index in [0.717, 1.165) is 0 Å². The second-order valence-electron chi connectivity index (χ2n) is 5.82. The Morgan fingerprint density at radius 3 is 2.22 bits per heavy atom. The van der Waals surface area contributed by atoms with Crippen LogP contribution in [0.1, 0.15) is 49.4 Å². The number of aromatic nitrogens is 1. The van der Waals surface area contributed by atoms with Crippen LogP contribution in [0.4, 0.5) is 0 Å². The first-order valence-electron chi connectivity index (χ1n) is 8.26. The van der Waals surface area contributed by atoms with Gasteiger partial charge in [0.2, 0.25) is 5.78 Å². The van der Waals surface area contributed by atoms with Crippen molar-refractivity contribution in [3.8, 4) is 0 Å². The smallest absolute Gasteiger partial charge is 0.355 e. The Morgan fingerprint density at radius 2 is 1.67 bits per heavy atom. The Kier molecular flexibility index (Phi) is 6.68. The number of hydrogen-bond acceptors (Lipinski definition) is 6. The number of ether oxygens (including phenoxy) is 2. The van der Waals surface area contributed by atoms with Gasteiger partial charge in [0.15, 0.2) is 6.61 Å². The molecule has 1 N–H and O–H groups in total. The number of ketones is 1. The number of esters is 2. The zero-order chi connectivity index (χ0) is 20.1. The van der Waals surface area contributed by atoms with Gasteiger partial charge in [0.1, 0.15) is 5.69 Å². The molecule has 1 atom stereocenters. The Morgan fingerprint density at radius 1 is 1.04 bits per heavy atom. The van der Waals surface area contributed by atoms with Gasteiger partial charge < -0.3 is 14.5 Å². The Bertz CT molecular complexity index is 898. The van der Waals surface area contributed by atoms with Crippen LogP contribution in [0.3, 0.4) is 0 Å². The highest BCUT2D eigenvalue weighted by Crippen LogP contribution is 2.20. The fourth-order valence-corrected chi connectivity index (χ4v) is 3.16. The Balaban J connectivity index is 2.08. The van der Waals surface area contributed by atoms with Gasteiger partial charge in [0, 0.05) is 33.2 Å². The number of aryl methyl sites for hydroxylation is 1. The van der Waals surface area contributed by atoms with Crippen molar-refractivity contribution < 1.29 is 28.1 Å². The summed E-state index contributed by atoms with van der Waals surface area (Å²) < 4.78 is 21.4. The van der Waals surface area contributed by atoms with Crippen LogP contribution < -0.4 is 0 Å². The largest absolute Gasteiger partial charge is 0.461 e. The zero-order valence-corrected chi connectivity index (χ0v) is 16.4. The summed E-state index contributed by atoms with van der Waals surface area (Å²) in [5.41, 5.74) is 1.75. The summed E-state index contributed by atoms with van der Waals surface area (Å²) >= 11 is 0. The molecule has 0 saturated heterocycles. The molecule has 0 bridgehead atoms. The molecule has 0 amide bonds. The van der Waals surface area contributed by atoms with Crippen molar-refractivity contribution in [2.75, 3.05) is 19.5 Å². The lowest BCUT2D eigenvalue weighted by Gasteiger charge is -2.06. The summed E-state index contributed by atoms with van der Waals surface area (Å²) in [4.78, 5) is 39.9. The minimum atomic E-state index is -1.14. The fourth-order valence-electron chi connectivity index (χ4n) is 2.64. The summed E-state index contributed by atoms with van der Waals surface area (Å²) in [7, 11) is -1.14. The molecule has 0 spiro atoms. The maximum Gasteiger partial charge on any atom is 0.355 e. The van der Waals surface area contributed by atoms with Gasteiger partial charge in [0.25, 0.3) is 0 Å². The number of aromatic amines is 1. The maximum atomic E-state index is 12.5. The van der Waals surface area contributed by atoms with E-state index in [1.54, 1.807) is 32.9 Å². The molecular weight excluding hydrogens is 370 g/mol. The quantitative estimate of drug-likeness (QED) is 0.575. The van der Waals surface area contributed by atoms with E-state index < -0.39 is 35.1 Å². The number of rotatable bonds is 7. The predicted molar refractivity (Wildman–Crippen MR) is 99.6 cm³/mol. The molecule has 0 radical (unpaired) electrons. The normalized spacial score (nSPS) is 11.7. The number of nitrogens with one attached hydrogen (secondary N) is 1. The van der Waals surface area contributed by atoms with Crippen LogP contribution in [0, 0.1) is 13.8 Å². The Hall–Kier alpha value is -2.74. The van der Waals surface area contributed by atoms with Crippen LogP contribution in [0.2, 0.25) is 0 Å². The van der Waals surface area contributed by atoms with E-state index >= 15 is 0 Å². The van der Waals surface area contributed by atoms with Crippen LogP contribution in [-0.2, 0) is 20.3 Å². The van der Waals surface area contributed by atoms with Crippen LogP contribution in [0.5, 0.6) is 0 Å². The van der Waals surface area contributed by atoms with Crippen molar-refractivity contribution >= 4 is 28.5 Å². The highest BCUT2D eigenvalue weighted by atomic mass is 32.2. The second-order valence-corrected chi connectivity index (χ2v) is 7.20.